The van der Waals surface area contributed by atoms with Crippen LogP contribution in [0.5, 0.6) is 0 Å². The minimum atomic E-state index is -5.49. The van der Waals surface area contributed by atoms with Crippen LogP contribution in [0.25, 0.3) is 0 Å². The van der Waals surface area contributed by atoms with E-state index in [1.807, 2.05) is 41.5 Å². The third-order valence-electron chi connectivity index (χ3n) is 4.52. The maximum Gasteiger partial charge on any atom is 0.511 e. The van der Waals surface area contributed by atoms with Gasteiger partial charge >= 0.3 is 21.5 Å². The summed E-state index contributed by atoms with van der Waals surface area (Å²) in [6, 6.07) is -1.15. The van der Waals surface area contributed by atoms with Gasteiger partial charge in [-0.3, -0.25) is 4.79 Å². The predicted octanol–water partition coefficient (Wildman–Crippen LogP) is 4.24. The molecule has 0 aromatic rings. The third kappa shape index (κ3) is 6.72. The molecule has 0 amide bonds. The van der Waals surface area contributed by atoms with Crippen LogP contribution in [0.15, 0.2) is 0 Å². The fourth-order valence-electron chi connectivity index (χ4n) is 2.56. The largest absolute Gasteiger partial charge is 0.511 e. The van der Waals surface area contributed by atoms with Gasteiger partial charge in [0.25, 0.3) is 0 Å². The lowest BCUT2D eigenvalue weighted by molar-refractivity contribution is -0.165. The van der Waals surface area contributed by atoms with Crippen molar-refractivity contribution in [2.75, 3.05) is 6.61 Å². The van der Waals surface area contributed by atoms with Crippen molar-refractivity contribution in [3.8, 4) is 0 Å². The van der Waals surface area contributed by atoms with Crippen LogP contribution < -0.4 is 4.72 Å². The molecular weight excluding hydrogens is 371 g/mol. The van der Waals surface area contributed by atoms with Crippen molar-refractivity contribution in [2.24, 2.45) is 16.2 Å². The van der Waals surface area contributed by atoms with Gasteiger partial charge in [-0.25, -0.2) is 13.1 Å². The van der Waals surface area contributed by atoms with Gasteiger partial charge in [0, 0.05) is 0 Å². The number of carbonyl (C=O) groups excluding carboxylic acids is 1. The first-order valence-corrected chi connectivity index (χ1v) is 10.0. The van der Waals surface area contributed by atoms with Gasteiger partial charge in [0.1, 0.15) is 6.61 Å². The van der Waals surface area contributed by atoms with E-state index in [1.165, 1.54) is 6.92 Å². The zero-order valence-electron chi connectivity index (χ0n) is 16.9. The van der Waals surface area contributed by atoms with E-state index in [0.717, 1.165) is 0 Å². The van der Waals surface area contributed by atoms with Crippen LogP contribution in [-0.2, 0) is 19.6 Å². The van der Waals surface area contributed by atoms with E-state index < -0.39 is 45.0 Å². The second kappa shape index (κ2) is 8.04. The van der Waals surface area contributed by atoms with Crippen molar-refractivity contribution < 1.29 is 31.1 Å². The molecule has 0 spiro atoms. The maximum atomic E-state index is 12.8. The van der Waals surface area contributed by atoms with Gasteiger partial charge in [-0.05, 0) is 30.6 Å². The van der Waals surface area contributed by atoms with Crippen LogP contribution in [0.1, 0.15) is 68.2 Å². The lowest BCUT2D eigenvalue weighted by Crippen LogP contribution is -2.47. The number of halogens is 3. The van der Waals surface area contributed by atoms with Crippen LogP contribution in [0.3, 0.4) is 0 Å². The van der Waals surface area contributed by atoms with E-state index in [2.05, 4.69) is 0 Å². The Morgan fingerprint density at radius 2 is 1.50 bits per heavy atom. The van der Waals surface area contributed by atoms with Crippen LogP contribution in [0, 0.1) is 16.2 Å². The number of ether oxygens (including phenoxy) is 1. The first kappa shape index (κ1) is 25.2. The molecule has 1 N–H and O–H groups in total. The molecule has 26 heavy (non-hydrogen) atoms. The van der Waals surface area contributed by atoms with Crippen LogP contribution in [-0.4, -0.2) is 32.5 Å². The minimum absolute atomic E-state index is 0.0497. The lowest BCUT2D eigenvalue weighted by atomic mass is 9.61. The highest BCUT2D eigenvalue weighted by molar-refractivity contribution is 7.90. The van der Waals surface area contributed by atoms with E-state index in [9.17, 15) is 26.4 Å². The summed E-state index contributed by atoms with van der Waals surface area (Å²) in [5, 5.41) is 0. The smallest absolute Gasteiger partial charge is 0.464 e. The van der Waals surface area contributed by atoms with E-state index in [4.69, 9.17) is 4.74 Å². The second-order valence-corrected chi connectivity index (χ2v) is 10.8. The molecule has 0 saturated carbocycles. The normalized spacial score (nSPS) is 17.5. The van der Waals surface area contributed by atoms with Crippen molar-refractivity contribution in [1.82, 2.24) is 4.72 Å². The highest BCUT2D eigenvalue weighted by Crippen LogP contribution is 2.47. The molecule has 0 aromatic carbocycles. The Morgan fingerprint density at radius 1 is 1.04 bits per heavy atom. The molecule has 156 valence electrons. The Hall–Kier alpha value is -0.830. The zero-order valence-corrected chi connectivity index (χ0v) is 17.7. The standard InChI is InChI=1S/C17H32F3NO4S/c1-9-12(21-26(23,24)17(18,19)20)10-25-13(22)16(8,15(5,6)7)11-14(2,3)4/h12,21H,9-11H2,1-8H3. The summed E-state index contributed by atoms with van der Waals surface area (Å²) in [6.07, 6.45) is 0.557. The van der Waals surface area contributed by atoms with Gasteiger partial charge in [0.2, 0.25) is 0 Å². The summed E-state index contributed by atoms with van der Waals surface area (Å²) in [5.74, 6) is -0.551. The lowest BCUT2D eigenvalue weighted by Gasteiger charge is -2.43. The number of hydrogen-bond donors (Lipinski definition) is 1. The molecule has 9 heteroatoms. The van der Waals surface area contributed by atoms with Crippen molar-refractivity contribution in [1.29, 1.82) is 0 Å². The fourth-order valence-corrected chi connectivity index (χ4v) is 3.37. The number of esters is 1. The highest BCUT2D eigenvalue weighted by Gasteiger charge is 2.49. The molecule has 2 unspecified atom stereocenters. The molecule has 5 nitrogen and oxygen atoms in total. The molecule has 0 aromatic heterocycles. The Balaban J connectivity index is 5.28. The number of alkyl halides is 3. The number of nitrogens with one attached hydrogen (secondary N) is 1. The molecule has 0 aliphatic heterocycles. The first-order valence-electron chi connectivity index (χ1n) is 8.52. The SMILES string of the molecule is CCC(COC(=O)C(C)(CC(C)(C)C)C(C)(C)C)NS(=O)(=O)C(F)(F)F. The van der Waals surface area contributed by atoms with Crippen LogP contribution in [0.4, 0.5) is 13.2 Å². The summed E-state index contributed by atoms with van der Waals surface area (Å²) in [6.45, 7) is 14.4. The monoisotopic (exact) mass is 403 g/mol. The summed E-state index contributed by atoms with van der Waals surface area (Å²) in [7, 11) is -5.49. The third-order valence-corrected chi connectivity index (χ3v) is 5.78. The van der Waals surface area contributed by atoms with Crippen molar-refractivity contribution in [2.45, 2.75) is 79.8 Å². The van der Waals surface area contributed by atoms with Gasteiger partial charge in [-0.1, -0.05) is 48.5 Å². The minimum Gasteiger partial charge on any atom is -0.464 e. The molecule has 2 atom stereocenters. The molecule has 0 aliphatic rings. The van der Waals surface area contributed by atoms with Crippen molar-refractivity contribution in [3.05, 3.63) is 0 Å². The average molecular weight is 404 g/mol. The number of carbonyl (C=O) groups is 1. The number of rotatable bonds is 7. The van der Waals surface area contributed by atoms with Crippen molar-refractivity contribution >= 4 is 16.0 Å². The highest BCUT2D eigenvalue weighted by atomic mass is 32.2. The summed E-state index contributed by atoms with van der Waals surface area (Å²) in [4.78, 5) is 12.8. The molecule has 0 rings (SSSR count). The zero-order chi connectivity index (χ0) is 21.2. The van der Waals surface area contributed by atoms with Gasteiger partial charge in [0.15, 0.2) is 0 Å². The second-order valence-electron chi connectivity index (χ2n) is 9.09. The van der Waals surface area contributed by atoms with Crippen molar-refractivity contribution in [3.63, 3.8) is 0 Å². The Kier molecular flexibility index (Phi) is 7.78. The van der Waals surface area contributed by atoms with E-state index in [1.54, 1.807) is 11.6 Å². The maximum absolute atomic E-state index is 12.8. The summed E-state index contributed by atoms with van der Waals surface area (Å²) >= 11 is 0. The van der Waals surface area contributed by atoms with E-state index in [0.29, 0.717) is 6.42 Å². The number of sulfonamides is 1. The molecule has 0 heterocycles. The van der Waals surface area contributed by atoms with Crippen LogP contribution in [0.2, 0.25) is 0 Å². The van der Waals surface area contributed by atoms with Gasteiger partial charge in [-0.2, -0.15) is 13.2 Å². The topological polar surface area (TPSA) is 72.5 Å². The van der Waals surface area contributed by atoms with Crippen LogP contribution >= 0.6 is 0 Å². The van der Waals surface area contributed by atoms with Gasteiger partial charge in [0.05, 0.1) is 11.5 Å². The average Bonchev–Trinajstić information content (AvgIpc) is 2.38. The Morgan fingerprint density at radius 3 is 1.81 bits per heavy atom. The van der Waals surface area contributed by atoms with Gasteiger partial charge in [-0.15, -0.1) is 0 Å². The van der Waals surface area contributed by atoms with E-state index >= 15 is 0 Å². The first-order chi connectivity index (χ1) is 11.3. The Labute approximate surface area is 155 Å². The quantitative estimate of drug-likeness (QED) is 0.646. The van der Waals surface area contributed by atoms with Gasteiger partial charge < -0.3 is 4.74 Å². The molecule has 0 aliphatic carbocycles. The van der Waals surface area contributed by atoms with E-state index in [-0.39, 0.29) is 11.8 Å². The predicted molar refractivity (Wildman–Crippen MR) is 94.8 cm³/mol. The molecular formula is C17H32F3NO4S. The summed E-state index contributed by atoms with van der Waals surface area (Å²) in [5.41, 5.74) is -6.92. The molecule has 0 bridgehead atoms. The molecule has 0 saturated heterocycles. The Bertz CT molecular complexity index is 589. The molecule has 0 fully saturated rings. The number of hydrogen-bond acceptors (Lipinski definition) is 4. The molecule has 0 radical (unpaired) electrons. The summed E-state index contributed by atoms with van der Waals surface area (Å²) < 4.78 is 66.8. The fraction of sp³-hybridized carbons (Fsp3) is 0.941.